The Morgan fingerprint density at radius 1 is 1.67 bits per heavy atom. The quantitative estimate of drug-likeness (QED) is 0.489. The number of amides is 1. The van der Waals surface area contributed by atoms with Crippen molar-refractivity contribution in [3.05, 3.63) is 24.0 Å². The summed E-state index contributed by atoms with van der Waals surface area (Å²) in [4.78, 5) is 14.5. The van der Waals surface area contributed by atoms with E-state index in [1.54, 1.807) is 6.07 Å². The molecule has 0 fully saturated rings. The maximum Gasteiger partial charge on any atom is 0.293 e. The van der Waals surface area contributed by atoms with Crippen LogP contribution in [-0.4, -0.2) is 23.2 Å². The van der Waals surface area contributed by atoms with Crippen LogP contribution in [0.25, 0.3) is 0 Å². The van der Waals surface area contributed by atoms with Gasteiger partial charge in [-0.05, 0) is 12.1 Å². The van der Waals surface area contributed by atoms with Crippen LogP contribution in [0.1, 0.15) is 10.5 Å². The predicted molar refractivity (Wildman–Crippen MR) is 40.0 cm³/mol. The van der Waals surface area contributed by atoms with Gasteiger partial charge in [0, 0.05) is 0 Å². The molecule has 0 saturated heterocycles. The van der Waals surface area contributed by atoms with Crippen LogP contribution in [0.5, 0.6) is 5.75 Å². The molecule has 1 amide bonds. The van der Waals surface area contributed by atoms with Gasteiger partial charge in [-0.3, -0.25) is 10.0 Å². The molecule has 0 aromatic carbocycles. The monoisotopic (exact) mass is 168 g/mol. The molecule has 0 aliphatic rings. The summed E-state index contributed by atoms with van der Waals surface area (Å²) in [5.41, 5.74) is 1.61. The summed E-state index contributed by atoms with van der Waals surface area (Å²) < 4.78 is 4.83. The molecule has 1 aromatic heterocycles. The number of nitrogens with one attached hydrogen (secondary N) is 1. The maximum absolute atomic E-state index is 10.7. The lowest BCUT2D eigenvalue weighted by Gasteiger charge is -1.99. The zero-order chi connectivity index (χ0) is 8.97. The first kappa shape index (κ1) is 8.48. The number of nitrogens with zero attached hydrogens (tertiary/aromatic N) is 1. The fourth-order valence-electron chi connectivity index (χ4n) is 0.693. The molecule has 0 unspecified atom stereocenters. The van der Waals surface area contributed by atoms with Crippen molar-refractivity contribution in [1.29, 1.82) is 0 Å². The van der Waals surface area contributed by atoms with Gasteiger partial charge in [0.15, 0.2) is 0 Å². The molecule has 1 heterocycles. The van der Waals surface area contributed by atoms with E-state index in [2.05, 4.69) is 4.98 Å². The van der Waals surface area contributed by atoms with Crippen LogP contribution in [0, 0.1) is 0 Å². The van der Waals surface area contributed by atoms with Crippen LogP contribution in [0.15, 0.2) is 18.3 Å². The Hall–Kier alpha value is -1.62. The molecule has 0 bridgehead atoms. The zero-order valence-corrected chi connectivity index (χ0v) is 6.44. The third-order valence-corrected chi connectivity index (χ3v) is 1.31. The van der Waals surface area contributed by atoms with E-state index in [1.807, 2.05) is 0 Å². The molecule has 2 N–H and O–H groups in total. The van der Waals surface area contributed by atoms with Crippen molar-refractivity contribution in [2.75, 3.05) is 7.11 Å². The summed E-state index contributed by atoms with van der Waals surface area (Å²) in [6.45, 7) is 0. The number of pyridine rings is 1. The highest BCUT2D eigenvalue weighted by molar-refractivity contribution is 5.91. The van der Waals surface area contributed by atoms with E-state index < -0.39 is 5.91 Å². The summed E-state index contributed by atoms with van der Waals surface area (Å²) >= 11 is 0. The SMILES string of the molecule is COc1ccc(C(=O)NO)nc1. The molecule has 0 aliphatic carbocycles. The number of hydrogen-bond donors (Lipinski definition) is 2. The van der Waals surface area contributed by atoms with Crippen molar-refractivity contribution >= 4 is 5.91 Å². The smallest absolute Gasteiger partial charge is 0.293 e. The first-order chi connectivity index (χ1) is 5.77. The number of carbonyl (C=O) groups is 1. The number of hydroxylamine groups is 1. The highest BCUT2D eigenvalue weighted by atomic mass is 16.5. The third-order valence-electron chi connectivity index (χ3n) is 1.31. The molecular weight excluding hydrogens is 160 g/mol. The fourth-order valence-corrected chi connectivity index (χ4v) is 0.693. The van der Waals surface area contributed by atoms with E-state index in [0.29, 0.717) is 5.75 Å². The Morgan fingerprint density at radius 2 is 2.42 bits per heavy atom. The molecule has 12 heavy (non-hydrogen) atoms. The largest absolute Gasteiger partial charge is 0.495 e. The van der Waals surface area contributed by atoms with Gasteiger partial charge in [0.05, 0.1) is 13.3 Å². The van der Waals surface area contributed by atoms with Gasteiger partial charge in [-0.1, -0.05) is 0 Å². The van der Waals surface area contributed by atoms with Crippen molar-refractivity contribution < 1.29 is 14.7 Å². The lowest BCUT2D eigenvalue weighted by molar-refractivity contribution is 0.0700. The predicted octanol–water partition coefficient (Wildman–Crippen LogP) is 0.209. The molecule has 5 heteroatoms. The van der Waals surface area contributed by atoms with E-state index in [9.17, 15) is 4.79 Å². The fraction of sp³-hybridized carbons (Fsp3) is 0.143. The van der Waals surface area contributed by atoms with E-state index >= 15 is 0 Å². The average Bonchev–Trinajstić information content (AvgIpc) is 2.17. The molecule has 1 rings (SSSR count). The number of hydrogen-bond acceptors (Lipinski definition) is 4. The number of methoxy groups -OCH3 is 1. The van der Waals surface area contributed by atoms with Crippen molar-refractivity contribution in [3.63, 3.8) is 0 Å². The normalized spacial score (nSPS) is 9.17. The van der Waals surface area contributed by atoms with Crippen LogP contribution in [-0.2, 0) is 0 Å². The molecule has 1 aromatic rings. The van der Waals surface area contributed by atoms with Gasteiger partial charge < -0.3 is 4.74 Å². The molecule has 0 saturated carbocycles. The summed E-state index contributed by atoms with van der Waals surface area (Å²) in [5.74, 6) is -0.0813. The van der Waals surface area contributed by atoms with Crippen molar-refractivity contribution in [2.24, 2.45) is 0 Å². The Morgan fingerprint density at radius 3 is 2.83 bits per heavy atom. The highest BCUT2D eigenvalue weighted by Gasteiger charge is 2.04. The topological polar surface area (TPSA) is 71.5 Å². The van der Waals surface area contributed by atoms with Gasteiger partial charge in [-0.15, -0.1) is 0 Å². The number of rotatable bonds is 2. The van der Waals surface area contributed by atoms with Gasteiger partial charge in [0.1, 0.15) is 11.4 Å². The Labute approximate surface area is 69.0 Å². The van der Waals surface area contributed by atoms with Gasteiger partial charge in [-0.25, -0.2) is 10.5 Å². The molecule has 0 spiro atoms. The summed E-state index contributed by atoms with van der Waals surface area (Å²) in [6, 6.07) is 3.03. The second-order valence-corrected chi connectivity index (χ2v) is 2.02. The average molecular weight is 168 g/mol. The van der Waals surface area contributed by atoms with Crippen LogP contribution < -0.4 is 10.2 Å². The third kappa shape index (κ3) is 1.70. The summed E-state index contributed by atoms with van der Waals surface area (Å²) in [5, 5.41) is 8.24. The van der Waals surface area contributed by atoms with E-state index in [4.69, 9.17) is 9.94 Å². The summed E-state index contributed by atoms with van der Waals surface area (Å²) in [6.07, 6.45) is 1.39. The molecule has 0 atom stereocenters. The van der Waals surface area contributed by atoms with Crippen LogP contribution in [0.4, 0.5) is 0 Å². The molecule has 0 aliphatic heterocycles. The van der Waals surface area contributed by atoms with Crippen molar-refractivity contribution in [3.8, 4) is 5.75 Å². The van der Waals surface area contributed by atoms with Gasteiger partial charge in [0.25, 0.3) is 5.91 Å². The van der Waals surface area contributed by atoms with E-state index in [0.717, 1.165) is 0 Å². The number of carbonyl (C=O) groups excluding carboxylic acids is 1. The highest BCUT2D eigenvalue weighted by Crippen LogP contribution is 2.07. The minimum atomic E-state index is -0.641. The first-order valence-electron chi connectivity index (χ1n) is 3.22. The Balaban J connectivity index is 2.84. The van der Waals surface area contributed by atoms with Crippen LogP contribution in [0.2, 0.25) is 0 Å². The molecular formula is C7H8N2O3. The Bertz CT molecular complexity index is 270. The minimum Gasteiger partial charge on any atom is -0.495 e. The van der Waals surface area contributed by atoms with E-state index in [1.165, 1.54) is 24.9 Å². The zero-order valence-electron chi connectivity index (χ0n) is 6.44. The Kier molecular flexibility index (Phi) is 2.60. The van der Waals surface area contributed by atoms with Gasteiger partial charge in [-0.2, -0.15) is 0 Å². The lowest BCUT2D eigenvalue weighted by atomic mass is 10.3. The van der Waals surface area contributed by atoms with Gasteiger partial charge >= 0.3 is 0 Å². The van der Waals surface area contributed by atoms with Crippen LogP contribution in [0.3, 0.4) is 0 Å². The molecule has 64 valence electrons. The number of aromatic nitrogens is 1. The van der Waals surface area contributed by atoms with Gasteiger partial charge in [0.2, 0.25) is 0 Å². The van der Waals surface area contributed by atoms with Crippen molar-refractivity contribution in [1.82, 2.24) is 10.5 Å². The standard InChI is InChI=1S/C7H8N2O3/c1-12-5-2-3-6(8-4-5)7(10)9-11/h2-4,11H,1H3,(H,9,10). The van der Waals surface area contributed by atoms with Crippen molar-refractivity contribution in [2.45, 2.75) is 0 Å². The molecule has 0 radical (unpaired) electrons. The first-order valence-corrected chi connectivity index (χ1v) is 3.22. The summed E-state index contributed by atoms with van der Waals surface area (Å²) in [7, 11) is 1.50. The van der Waals surface area contributed by atoms with Crippen LogP contribution >= 0.6 is 0 Å². The lowest BCUT2D eigenvalue weighted by Crippen LogP contribution is -2.19. The minimum absolute atomic E-state index is 0.137. The van der Waals surface area contributed by atoms with E-state index in [-0.39, 0.29) is 5.69 Å². The number of ether oxygens (including phenoxy) is 1. The maximum atomic E-state index is 10.7. The molecule has 5 nitrogen and oxygen atoms in total. The second-order valence-electron chi connectivity index (χ2n) is 2.02. The second kappa shape index (κ2) is 3.68.